The van der Waals surface area contributed by atoms with Gasteiger partial charge in [-0.2, -0.15) is 0 Å². The van der Waals surface area contributed by atoms with Crippen LogP contribution in [0.3, 0.4) is 0 Å². The third-order valence-corrected chi connectivity index (χ3v) is 8.14. The van der Waals surface area contributed by atoms with E-state index in [2.05, 4.69) is 20.8 Å². The van der Waals surface area contributed by atoms with Crippen LogP contribution in [0.1, 0.15) is 201 Å². The van der Waals surface area contributed by atoms with Crippen LogP contribution in [0.2, 0.25) is 0 Å². The van der Waals surface area contributed by atoms with Gasteiger partial charge in [0.2, 0.25) is 0 Å². The lowest BCUT2D eigenvalue weighted by Crippen LogP contribution is -2.30. The van der Waals surface area contributed by atoms with Crippen LogP contribution in [0.4, 0.5) is 0 Å². The van der Waals surface area contributed by atoms with E-state index in [4.69, 9.17) is 14.2 Å². The molecule has 0 rings (SSSR count). The van der Waals surface area contributed by atoms with Crippen molar-refractivity contribution in [2.75, 3.05) is 19.8 Å². The van der Waals surface area contributed by atoms with Gasteiger partial charge in [-0.25, -0.2) is 0 Å². The largest absolute Gasteiger partial charge is 0.462 e. The second-order valence-electron chi connectivity index (χ2n) is 12.5. The molecule has 0 aromatic carbocycles. The van der Waals surface area contributed by atoms with Gasteiger partial charge in [0.15, 0.2) is 6.10 Å². The van der Waals surface area contributed by atoms with Crippen molar-refractivity contribution < 1.29 is 23.8 Å². The molecule has 0 aliphatic heterocycles. The van der Waals surface area contributed by atoms with Gasteiger partial charge in [-0.05, 0) is 19.3 Å². The molecule has 1 unspecified atom stereocenters. The Bertz CT molecular complexity index is 564. The quantitative estimate of drug-likeness (QED) is 0.0546. The fourth-order valence-electron chi connectivity index (χ4n) is 5.33. The Hall–Kier alpha value is -1.10. The van der Waals surface area contributed by atoms with E-state index < -0.39 is 6.10 Å². The molecule has 0 bridgehead atoms. The molecule has 0 spiro atoms. The van der Waals surface area contributed by atoms with Crippen molar-refractivity contribution in [2.45, 2.75) is 207 Å². The van der Waals surface area contributed by atoms with E-state index in [-0.39, 0.29) is 18.5 Å². The van der Waals surface area contributed by atoms with E-state index >= 15 is 0 Å². The van der Waals surface area contributed by atoms with E-state index in [1.165, 1.54) is 128 Å². The van der Waals surface area contributed by atoms with Crippen LogP contribution < -0.4 is 0 Å². The first kappa shape index (κ1) is 40.9. The minimum atomic E-state index is -0.516. The van der Waals surface area contributed by atoms with Crippen molar-refractivity contribution in [3.05, 3.63) is 0 Å². The summed E-state index contributed by atoms with van der Waals surface area (Å²) in [5.74, 6) is -0.407. The molecule has 42 heavy (non-hydrogen) atoms. The molecular weight excluding hydrogens is 524 g/mol. The predicted molar refractivity (Wildman–Crippen MR) is 178 cm³/mol. The number of carbonyl (C=O) groups excluding carboxylic acids is 2. The number of hydrogen-bond acceptors (Lipinski definition) is 5. The number of esters is 2. The third-order valence-electron chi connectivity index (χ3n) is 8.14. The monoisotopic (exact) mass is 597 g/mol. The highest BCUT2D eigenvalue weighted by Gasteiger charge is 2.17. The van der Waals surface area contributed by atoms with Crippen LogP contribution in [-0.2, 0) is 23.8 Å². The lowest BCUT2D eigenvalue weighted by Gasteiger charge is -2.18. The van der Waals surface area contributed by atoms with Gasteiger partial charge in [-0.3, -0.25) is 9.59 Å². The molecule has 0 heterocycles. The summed E-state index contributed by atoms with van der Waals surface area (Å²) in [4.78, 5) is 24.7. The van der Waals surface area contributed by atoms with Gasteiger partial charge >= 0.3 is 11.9 Å². The zero-order valence-corrected chi connectivity index (χ0v) is 28.5. The molecule has 5 heteroatoms. The van der Waals surface area contributed by atoms with Gasteiger partial charge in [-0.1, -0.05) is 168 Å². The maximum Gasteiger partial charge on any atom is 0.306 e. The highest BCUT2D eigenvalue weighted by molar-refractivity contribution is 5.70. The van der Waals surface area contributed by atoms with Crippen molar-refractivity contribution in [3.8, 4) is 0 Å². The first-order valence-corrected chi connectivity index (χ1v) is 18.6. The molecule has 0 N–H and O–H groups in total. The van der Waals surface area contributed by atoms with Crippen molar-refractivity contribution in [3.63, 3.8) is 0 Å². The third kappa shape index (κ3) is 31.8. The van der Waals surface area contributed by atoms with E-state index in [0.717, 1.165) is 38.5 Å². The van der Waals surface area contributed by atoms with Crippen LogP contribution in [-0.4, -0.2) is 37.9 Å². The zero-order valence-electron chi connectivity index (χ0n) is 28.5. The van der Waals surface area contributed by atoms with Crippen LogP contribution in [0.5, 0.6) is 0 Å². The fraction of sp³-hybridized carbons (Fsp3) is 0.946. The minimum absolute atomic E-state index is 0.0929. The van der Waals surface area contributed by atoms with Crippen LogP contribution in [0.15, 0.2) is 0 Å². The predicted octanol–water partition coefficient (Wildman–Crippen LogP) is 11.4. The van der Waals surface area contributed by atoms with E-state index in [1.54, 1.807) is 0 Å². The number of rotatable bonds is 34. The van der Waals surface area contributed by atoms with Gasteiger partial charge in [0.05, 0.1) is 6.61 Å². The van der Waals surface area contributed by atoms with Gasteiger partial charge in [0, 0.05) is 19.4 Å². The first-order chi connectivity index (χ1) is 20.6. The molecule has 0 aliphatic rings. The molecular formula is C37H72O5. The van der Waals surface area contributed by atoms with Crippen molar-refractivity contribution in [2.24, 2.45) is 0 Å². The Labute approximate surface area is 262 Å². The summed E-state index contributed by atoms with van der Waals surface area (Å²) in [7, 11) is 0. The summed E-state index contributed by atoms with van der Waals surface area (Å²) < 4.78 is 17.0. The maximum atomic E-state index is 12.4. The van der Waals surface area contributed by atoms with Gasteiger partial charge in [0.1, 0.15) is 6.61 Å². The highest BCUT2D eigenvalue weighted by atomic mass is 16.6. The summed E-state index contributed by atoms with van der Waals surface area (Å²) in [6, 6.07) is 0. The van der Waals surface area contributed by atoms with Gasteiger partial charge in [-0.15, -0.1) is 0 Å². The SMILES string of the molecule is CCCCCCCCCCCCCCCCOCC(COC(=O)CCCCCCCCC)OC(=O)CCCCCCC. The van der Waals surface area contributed by atoms with Crippen LogP contribution >= 0.6 is 0 Å². The summed E-state index contributed by atoms with van der Waals surface area (Å²) in [5, 5.41) is 0. The van der Waals surface area contributed by atoms with Crippen molar-refractivity contribution in [1.29, 1.82) is 0 Å². The topological polar surface area (TPSA) is 61.8 Å². The summed E-state index contributed by atoms with van der Waals surface area (Å²) in [5.41, 5.74) is 0. The van der Waals surface area contributed by atoms with E-state index in [9.17, 15) is 9.59 Å². The second kappa shape index (κ2) is 34.4. The summed E-state index contributed by atoms with van der Waals surface area (Å²) in [6.45, 7) is 7.74. The van der Waals surface area contributed by atoms with E-state index in [1.807, 2.05) is 0 Å². The normalized spacial score (nSPS) is 12.0. The molecule has 0 amide bonds. The zero-order chi connectivity index (χ0) is 30.8. The Morgan fingerprint density at radius 1 is 0.429 bits per heavy atom. The number of ether oxygens (including phenoxy) is 3. The molecule has 0 saturated carbocycles. The molecule has 0 aromatic rings. The first-order valence-electron chi connectivity index (χ1n) is 18.6. The van der Waals surface area contributed by atoms with E-state index in [0.29, 0.717) is 26.1 Å². The van der Waals surface area contributed by atoms with Crippen LogP contribution in [0, 0.1) is 0 Å². The van der Waals surface area contributed by atoms with Crippen LogP contribution in [0.25, 0.3) is 0 Å². The molecule has 1 atom stereocenters. The molecule has 0 fully saturated rings. The number of unbranched alkanes of at least 4 members (excludes halogenated alkanes) is 23. The smallest absolute Gasteiger partial charge is 0.306 e. The van der Waals surface area contributed by atoms with Gasteiger partial charge in [0.25, 0.3) is 0 Å². The Balaban J connectivity index is 4.03. The molecule has 5 nitrogen and oxygen atoms in total. The Morgan fingerprint density at radius 2 is 0.786 bits per heavy atom. The summed E-state index contributed by atoms with van der Waals surface area (Å²) in [6.07, 6.45) is 32.6. The average molecular weight is 597 g/mol. The highest BCUT2D eigenvalue weighted by Crippen LogP contribution is 2.14. The maximum absolute atomic E-state index is 12.4. The number of hydrogen-bond donors (Lipinski definition) is 0. The lowest BCUT2D eigenvalue weighted by molar-refractivity contribution is -0.163. The van der Waals surface area contributed by atoms with Crippen molar-refractivity contribution in [1.82, 2.24) is 0 Å². The molecule has 0 aromatic heterocycles. The summed E-state index contributed by atoms with van der Waals surface area (Å²) >= 11 is 0. The molecule has 0 radical (unpaired) electrons. The minimum Gasteiger partial charge on any atom is -0.462 e. The second-order valence-corrected chi connectivity index (χ2v) is 12.5. The number of carbonyl (C=O) groups is 2. The van der Waals surface area contributed by atoms with Crippen molar-refractivity contribution >= 4 is 11.9 Å². The average Bonchev–Trinajstić information content (AvgIpc) is 2.99. The Kier molecular flexibility index (Phi) is 33.5. The lowest BCUT2D eigenvalue weighted by atomic mass is 10.0. The molecule has 250 valence electrons. The van der Waals surface area contributed by atoms with Gasteiger partial charge < -0.3 is 14.2 Å². The Morgan fingerprint density at radius 3 is 1.21 bits per heavy atom. The molecule has 0 saturated heterocycles. The molecule has 0 aliphatic carbocycles. The standard InChI is InChI=1S/C37H72O5/c1-4-7-10-13-15-16-17-18-19-20-21-23-26-29-32-40-33-35(42-37(39)31-28-24-12-9-6-3)34-41-36(38)30-27-25-22-14-11-8-5-2/h35H,4-34H2,1-3H3. The fourth-order valence-corrected chi connectivity index (χ4v) is 5.33.